The molecule has 4 aromatic rings. The fourth-order valence-electron chi connectivity index (χ4n) is 3.27. The third-order valence-corrected chi connectivity index (χ3v) is 5.85. The van der Waals surface area contributed by atoms with Gasteiger partial charge in [-0.3, -0.25) is 0 Å². The molecule has 0 fully saturated rings. The second kappa shape index (κ2) is 9.60. The zero-order chi connectivity index (χ0) is 20.4. The van der Waals surface area contributed by atoms with Gasteiger partial charge in [0.05, 0.1) is 6.26 Å². The largest absolute Gasteiger partial charge is 0.464 e. The molecule has 7 heteroatoms. The first kappa shape index (κ1) is 22.3. The summed E-state index contributed by atoms with van der Waals surface area (Å²) in [7, 11) is 2.15. The van der Waals surface area contributed by atoms with E-state index in [4.69, 9.17) is 9.15 Å². The van der Waals surface area contributed by atoms with E-state index in [1.807, 2.05) is 24.3 Å². The van der Waals surface area contributed by atoms with Crippen molar-refractivity contribution >= 4 is 34.9 Å². The van der Waals surface area contributed by atoms with E-state index in [1.54, 1.807) is 6.26 Å². The molecule has 2 aromatic carbocycles. The monoisotopic (exact) mass is 443 g/mol. The van der Waals surface area contributed by atoms with Gasteiger partial charge >= 0.3 is 0 Å². The van der Waals surface area contributed by atoms with Crippen molar-refractivity contribution in [2.75, 3.05) is 20.1 Å². The number of furan rings is 1. The first-order chi connectivity index (χ1) is 14.0. The zero-order valence-corrected chi connectivity index (χ0v) is 19.3. The Hall–Kier alpha value is -2.41. The molecular weight excluding hydrogens is 418 g/mol. The Morgan fingerprint density at radius 3 is 2.73 bits per heavy atom. The summed E-state index contributed by atoms with van der Waals surface area (Å²) in [5, 5.41) is 1.59. The second-order valence-corrected chi connectivity index (χ2v) is 8.06. The third-order valence-electron chi connectivity index (χ3n) is 5.25. The van der Waals surface area contributed by atoms with E-state index in [-0.39, 0.29) is 12.4 Å². The van der Waals surface area contributed by atoms with E-state index >= 15 is 0 Å². The van der Waals surface area contributed by atoms with Crippen LogP contribution < -0.4 is 4.74 Å². The van der Waals surface area contributed by atoms with Crippen LogP contribution in [0.4, 0.5) is 0 Å². The van der Waals surface area contributed by atoms with Crippen LogP contribution in [0.2, 0.25) is 0 Å². The minimum absolute atomic E-state index is 0. The molecule has 158 valence electrons. The highest BCUT2D eigenvalue weighted by Crippen LogP contribution is 2.32. The van der Waals surface area contributed by atoms with E-state index in [9.17, 15) is 0 Å². The normalized spacial score (nSPS) is 11.1. The molecule has 0 spiro atoms. The minimum Gasteiger partial charge on any atom is -0.464 e. The Bertz CT molecular complexity index is 1140. The van der Waals surface area contributed by atoms with Gasteiger partial charge in [0.25, 0.3) is 5.19 Å². The predicted molar refractivity (Wildman–Crippen MR) is 125 cm³/mol. The van der Waals surface area contributed by atoms with Gasteiger partial charge in [-0.15, -0.1) is 12.4 Å². The maximum absolute atomic E-state index is 6.08. The number of hydrogen-bond acceptors (Lipinski definition) is 6. The van der Waals surface area contributed by atoms with E-state index in [0.717, 1.165) is 47.4 Å². The van der Waals surface area contributed by atoms with E-state index in [0.29, 0.717) is 11.0 Å². The number of rotatable bonds is 7. The fourth-order valence-corrected chi connectivity index (χ4v) is 3.83. The highest BCUT2D eigenvalue weighted by Gasteiger charge is 2.13. The molecular formula is C23H26ClN3O2S. The average Bonchev–Trinajstić information content (AvgIpc) is 3.37. The number of aromatic nitrogens is 2. The summed E-state index contributed by atoms with van der Waals surface area (Å²) >= 11 is 1.27. The van der Waals surface area contributed by atoms with Gasteiger partial charge in [0, 0.05) is 29.0 Å². The van der Waals surface area contributed by atoms with Crippen molar-refractivity contribution in [3.05, 3.63) is 59.4 Å². The maximum Gasteiger partial charge on any atom is 0.299 e. The van der Waals surface area contributed by atoms with Gasteiger partial charge in [-0.05, 0) is 80.9 Å². The van der Waals surface area contributed by atoms with Crippen molar-refractivity contribution in [2.45, 2.75) is 27.2 Å². The van der Waals surface area contributed by atoms with Gasteiger partial charge < -0.3 is 14.1 Å². The fraction of sp³-hybridized carbons (Fsp3) is 0.304. The van der Waals surface area contributed by atoms with Crippen molar-refractivity contribution in [3.8, 4) is 22.3 Å². The topological polar surface area (TPSA) is 51.4 Å². The smallest absolute Gasteiger partial charge is 0.299 e. The summed E-state index contributed by atoms with van der Waals surface area (Å²) in [6, 6.07) is 12.2. The van der Waals surface area contributed by atoms with Crippen molar-refractivity contribution < 1.29 is 9.15 Å². The van der Waals surface area contributed by atoms with Crippen LogP contribution in [0, 0.1) is 13.8 Å². The number of halogens is 1. The number of benzene rings is 2. The van der Waals surface area contributed by atoms with Crippen LogP contribution in [0.3, 0.4) is 0 Å². The van der Waals surface area contributed by atoms with Crippen LogP contribution in [-0.4, -0.2) is 34.4 Å². The molecule has 0 bridgehead atoms. The highest BCUT2D eigenvalue weighted by atomic mass is 35.5. The molecule has 0 saturated heterocycles. The lowest BCUT2D eigenvalue weighted by molar-refractivity contribution is 0.357. The van der Waals surface area contributed by atoms with Gasteiger partial charge in [-0.25, -0.2) is 0 Å². The van der Waals surface area contributed by atoms with Gasteiger partial charge in [0.1, 0.15) is 11.3 Å². The molecule has 2 aromatic heterocycles. The summed E-state index contributed by atoms with van der Waals surface area (Å²) in [6.45, 7) is 8.51. The zero-order valence-electron chi connectivity index (χ0n) is 17.6. The molecule has 4 rings (SSSR count). The van der Waals surface area contributed by atoms with Gasteiger partial charge in [-0.2, -0.15) is 9.36 Å². The Balaban J connectivity index is 0.00000256. The van der Waals surface area contributed by atoms with Crippen molar-refractivity contribution in [3.63, 3.8) is 0 Å². The van der Waals surface area contributed by atoms with Gasteiger partial charge in [0.2, 0.25) is 0 Å². The quantitative estimate of drug-likeness (QED) is 0.336. The number of fused-ring (bicyclic) bond motifs is 1. The Morgan fingerprint density at radius 1 is 1.10 bits per heavy atom. The molecule has 0 aliphatic rings. The standard InChI is InChI=1S/C23H25N3O2S.ClH/c1-5-26(4)10-8-17-12-16(3)21(13-15(17)2)28-23-24-22(25-29-23)19-6-7-20-18(14-19)9-11-27-20;/h6-7,9,11-14H,5,8,10H2,1-4H3;1H. The predicted octanol–water partition coefficient (Wildman–Crippen LogP) is 6.28. The van der Waals surface area contributed by atoms with Gasteiger partial charge in [0.15, 0.2) is 5.82 Å². The summed E-state index contributed by atoms with van der Waals surface area (Å²) < 4.78 is 16.0. The Morgan fingerprint density at radius 2 is 1.93 bits per heavy atom. The number of nitrogens with zero attached hydrogens (tertiary/aromatic N) is 3. The highest BCUT2D eigenvalue weighted by molar-refractivity contribution is 7.07. The van der Waals surface area contributed by atoms with Crippen LogP contribution >= 0.6 is 23.9 Å². The second-order valence-electron chi connectivity index (χ2n) is 7.35. The lowest BCUT2D eigenvalue weighted by atomic mass is 10.0. The minimum atomic E-state index is 0. The molecule has 0 N–H and O–H groups in total. The van der Waals surface area contributed by atoms with Crippen molar-refractivity contribution in [1.82, 2.24) is 14.3 Å². The third kappa shape index (κ3) is 4.83. The molecule has 0 radical (unpaired) electrons. The molecule has 2 heterocycles. The molecule has 0 amide bonds. The summed E-state index contributed by atoms with van der Waals surface area (Å²) in [4.78, 5) is 6.90. The average molecular weight is 444 g/mol. The number of aryl methyl sites for hydroxylation is 2. The SMILES string of the molecule is CCN(C)CCc1cc(C)c(Oc2nc(-c3ccc4occc4c3)ns2)cc1C.Cl. The number of ether oxygens (including phenoxy) is 1. The summed E-state index contributed by atoms with van der Waals surface area (Å²) in [5.41, 5.74) is 5.53. The Labute approximate surface area is 187 Å². The van der Waals surface area contributed by atoms with Crippen molar-refractivity contribution in [1.29, 1.82) is 0 Å². The van der Waals surface area contributed by atoms with Crippen LogP contribution in [0.25, 0.3) is 22.4 Å². The number of hydrogen-bond donors (Lipinski definition) is 0. The molecule has 0 aliphatic carbocycles. The van der Waals surface area contributed by atoms with Gasteiger partial charge in [-0.1, -0.05) is 13.0 Å². The maximum atomic E-state index is 6.08. The lowest BCUT2D eigenvalue weighted by Gasteiger charge is -2.16. The van der Waals surface area contributed by atoms with Crippen LogP contribution in [-0.2, 0) is 6.42 Å². The van der Waals surface area contributed by atoms with E-state index < -0.39 is 0 Å². The molecule has 0 atom stereocenters. The first-order valence-corrected chi connectivity index (χ1v) is 10.6. The van der Waals surface area contributed by atoms with Crippen LogP contribution in [0.15, 0.2) is 47.1 Å². The molecule has 0 saturated carbocycles. The summed E-state index contributed by atoms with van der Waals surface area (Å²) in [5.74, 6) is 1.50. The lowest BCUT2D eigenvalue weighted by Crippen LogP contribution is -2.20. The van der Waals surface area contributed by atoms with Crippen LogP contribution in [0.1, 0.15) is 23.6 Å². The van der Waals surface area contributed by atoms with Crippen LogP contribution in [0.5, 0.6) is 10.9 Å². The van der Waals surface area contributed by atoms with E-state index in [2.05, 4.69) is 54.2 Å². The number of likely N-dealkylation sites (N-methyl/N-ethyl adjacent to an activating group) is 1. The molecule has 5 nitrogen and oxygen atoms in total. The van der Waals surface area contributed by atoms with E-state index in [1.165, 1.54) is 22.7 Å². The molecule has 0 unspecified atom stereocenters. The first-order valence-electron chi connectivity index (χ1n) is 9.81. The Kier molecular flexibility index (Phi) is 7.13. The van der Waals surface area contributed by atoms with Crippen molar-refractivity contribution in [2.24, 2.45) is 0 Å². The molecule has 30 heavy (non-hydrogen) atoms. The summed E-state index contributed by atoms with van der Waals surface area (Å²) in [6.07, 6.45) is 2.73. The molecule has 0 aliphatic heterocycles.